The van der Waals surface area contributed by atoms with Crippen molar-refractivity contribution in [3.63, 3.8) is 0 Å². The monoisotopic (exact) mass is 504 g/mol. The van der Waals surface area contributed by atoms with Crippen LogP contribution in [0.15, 0.2) is 52.3 Å². The number of aromatic amines is 1. The lowest BCUT2D eigenvalue weighted by atomic mass is 9.90. The third-order valence-electron chi connectivity index (χ3n) is 5.41. The number of halogens is 3. The van der Waals surface area contributed by atoms with Crippen molar-refractivity contribution in [2.24, 2.45) is 0 Å². The lowest BCUT2D eigenvalue weighted by Crippen LogP contribution is -2.10. The molecule has 0 unspecified atom stereocenters. The minimum atomic E-state index is -4.50. The number of alkyl halides is 3. The highest BCUT2D eigenvalue weighted by atomic mass is 32.1. The van der Waals surface area contributed by atoms with Crippen molar-refractivity contribution in [1.82, 2.24) is 25.1 Å². The smallest absolute Gasteiger partial charge is 0.324 e. The number of thiazole rings is 1. The zero-order valence-electron chi connectivity index (χ0n) is 18.8. The Hall–Kier alpha value is -3.54. The van der Waals surface area contributed by atoms with Gasteiger partial charge < -0.3 is 5.32 Å². The van der Waals surface area contributed by atoms with Crippen LogP contribution < -0.4 is 11.1 Å². The lowest BCUT2D eigenvalue weighted by Gasteiger charge is -2.18. The minimum Gasteiger partial charge on any atom is -0.324 e. The molecule has 5 rings (SSSR count). The van der Waals surface area contributed by atoms with Crippen LogP contribution >= 0.6 is 11.3 Å². The van der Waals surface area contributed by atoms with Crippen molar-refractivity contribution in [1.29, 1.82) is 0 Å². The van der Waals surface area contributed by atoms with E-state index in [1.165, 1.54) is 43.4 Å². The van der Waals surface area contributed by atoms with Gasteiger partial charge in [-0.2, -0.15) is 13.2 Å². The van der Waals surface area contributed by atoms with Crippen LogP contribution in [0.4, 0.5) is 24.8 Å². The maximum absolute atomic E-state index is 12.9. The van der Waals surface area contributed by atoms with E-state index in [1.807, 2.05) is 25.3 Å². The molecule has 0 atom stereocenters. The Balaban J connectivity index is 0.000000421. The molecule has 35 heavy (non-hydrogen) atoms. The zero-order valence-corrected chi connectivity index (χ0v) is 19.6. The summed E-state index contributed by atoms with van der Waals surface area (Å²) in [7, 11) is 0. The van der Waals surface area contributed by atoms with Crippen molar-refractivity contribution < 1.29 is 17.7 Å². The normalized spacial score (nSPS) is 14.3. The Morgan fingerprint density at radius 2 is 1.94 bits per heavy atom. The van der Waals surface area contributed by atoms with Gasteiger partial charge in [-0.3, -0.25) is 9.51 Å². The van der Waals surface area contributed by atoms with Crippen molar-refractivity contribution >= 4 is 23.0 Å². The summed E-state index contributed by atoms with van der Waals surface area (Å²) in [4.78, 5) is 25.1. The Morgan fingerprint density at radius 1 is 1.14 bits per heavy atom. The van der Waals surface area contributed by atoms with E-state index in [1.54, 1.807) is 11.3 Å². The van der Waals surface area contributed by atoms with E-state index >= 15 is 0 Å². The SMILES string of the molecule is Cc1cc(Nc2nccc(C(F)(F)F)n2)cc(-c2cnc(C3CCCCC3)s2)c1.O=c1[nH]cno1. The molecule has 2 N–H and O–H groups in total. The molecule has 3 heterocycles. The van der Waals surface area contributed by atoms with Gasteiger partial charge in [0.15, 0.2) is 0 Å². The number of aryl methyl sites for hydroxylation is 1. The molecule has 0 bridgehead atoms. The second kappa shape index (κ2) is 10.8. The first-order valence-electron chi connectivity index (χ1n) is 11.0. The van der Waals surface area contributed by atoms with Gasteiger partial charge in [0.1, 0.15) is 12.0 Å². The molecule has 0 amide bonds. The maximum atomic E-state index is 12.9. The first kappa shape index (κ1) is 24.6. The number of H-pyrrole nitrogens is 1. The van der Waals surface area contributed by atoms with E-state index in [0.29, 0.717) is 11.6 Å². The van der Waals surface area contributed by atoms with Crippen LogP contribution in [0.25, 0.3) is 10.4 Å². The van der Waals surface area contributed by atoms with Gasteiger partial charge in [-0.25, -0.2) is 19.7 Å². The highest BCUT2D eigenvalue weighted by Gasteiger charge is 2.32. The van der Waals surface area contributed by atoms with Crippen LogP contribution in [0.1, 0.15) is 54.3 Å². The van der Waals surface area contributed by atoms with Crippen LogP contribution in [0, 0.1) is 6.92 Å². The fourth-order valence-corrected chi connectivity index (χ4v) is 4.92. The molecule has 1 saturated carbocycles. The summed E-state index contributed by atoms with van der Waals surface area (Å²) in [6.45, 7) is 1.95. The standard InChI is InChI=1S/C21H21F3N4S.C2H2N2O2/c1-13-9-15(17-12-26-19(29-17)14-5-3-2-4-6-14)11-16(10-13)27-20-25-8-7-18(28-20)21(22,23)24;5-2-3-1-4-6-2/h7-12,14H,2-6H2,1H3,(H,25,27,28);1H,(H,3,4,5). The molecule has 0 spiro atoms. The summed E-state index contributed by atoms with van der Waals surface area (Å²) in [5, 5.41) is 7.16. The predicted molar refractivity (Wildman–Crippen MR) is 126 cm³/mol. The number of aromatic nitrogens is 5. The summed E-state index contributed by atoms with van der Waals surface area (Å²) >= 11 is 1.70. The molecule has 1 fully saturated rings. The van der Waals surface area contributed by atoms with E-state index in [0.717, 1.165) is 28.3 Å². The second-order valence-corrected chi connectivity index (χ2v) is 9.19. The van der Waals surface area contributed by atoms with Crippen molar-refractivity contribution in [3.8, 4) is 10.4 Å². The van der Waals surface area contributed by atoms with E-state index < -0.39 is 17.6 Å². The number of nitrogens with zero attached hydrogens (tertiary/aromatic N) is 4. The largest absolute Gasteiger partial charge is 0.438 e. The van der Waals surface area contributed by atoms with Gasteiger partial charge in [-0.05, 0) is 49.1 Å². The Bertz CT molecular complexity index is 1290. The number of anilines is 2. The third kappa shape index (κ3) is 6.75. The molecular weight excluding hydrogens is 481 g/mol. The molecule has 0 radical (unpaired) electrons. The second-order valence-electron chi connectivity index (χ2n) is 8.13. The molecule has 1 aliphatic rings. The molecule has 3 aromatic heterocycles. The average Bonchev–Trinajstić information content (AvgIpc) is 3.51. The van der Waals surface area contributed by atoms with Crippen LogP contribution in [0.2, 0.25) is 0 Å². The zero-order chi connectivity index (χ0) is 24.8. The molecule has 0 aliphatic heterocycles. The van der Waals surface area contributed by atoms with Gasteiger partial charge in [0.25, 0.3) is 0 Å². The number of benzene rings is 1. The van der Waals surface area contributed by atoms with E-state index in [-0.39, 0.29) is 5.95 Å². The summed E-state index contributed by atoms with van der Waals surface area (Å²) in [6, 6.07) is 6.66. The van der Waals surface area contributed by atoms with Crippen molar-refractivity contribution in [2.45, 2.75) is 51.1 Å². The summed E-state index contributed by atoms with van der Waals surface area (Å²) < 4.78 is 42.6. The summed E-state index contributed by atoms with van der Waals surface area (Å²) in [5.41, 5.74) is 1.65. The van der Waals surface area contributed by atoms with E-state index in [9.17, 15) is 18.0 Å². The fourth-order valence-electron chi connectivity index (χ4n) is 3.84. The molecule has 184 valence electrons. The quantitative estimate of drug-likeness (QED) is 0.346. The molecule has 4 aromatic rings. The highest BCUT2D eigenvalue weighted by molar-refractivity contribution is 7.15. The molecule has 1 aromatic carbocycles. The van der Waals surface area contributed by atoms with Gasteiger partial charge >= 0.3 is 11.9 Å². The lowest BCUT2D eigenvalue weighted by molar-refractivity contribution is -0.141. The number of hydrogen-bond donors (Lipinski definition) is 2. The fraction of sp³-hybridized carbons (Fsp3) is 0.348. The first-order chi connectivity index (χ1) is 16.8. The topological polar surface area (TPSA) is 110 Å². The van der Waals surface area contributed by atoms with Gasteiger partial charge in [0.05, 0.1) is 9.88 Å². The molecule has 0 saturated heterocycles. The Morgan fingerprint density at radius 3 is 2.60 bits per heavy atom. The number of rotatable bonds is 4. The Kier molecular flexibility index (Phi) is 7.59. The predicted octanol–water partition coefficient (Wildman–Crippen LogP) is 6.08. The maximum Gasteiger partial charge on any atom is 0.438 e. The van der Waals surface area contributed by atoms with Crippen LogP contribution in [-0.4, -0.2) is 25.1 Å². The summed E-state index contributed by atoms with van der Waals surface area (Å²) in [5.74, 6) is -0.0537. The first-order valence-corrected chi connectivity index (χ1v) is 11.8. The van der Waals surface area contributed by atoms with Gasteiger partial charge in [0, 0.05) is 24.0 Å². The summed E-state index contributed by atoms with van der Waals surface area (Å²) in [6.07, 6.45) is 5.89. The number of nitrogens with one attached hydrogen (secondary N) is 2. The van der Waals surface area contributed by atoms with Crippen LogP contribution in [-0.2, 0) is 6.18 Å². The van der Waals surface area contributed by atoms with Gasteiger partial charge in [0.2, 0.25) is 5.95 Å². The molecular formula is C23H23F3N6O2S. The average molecular weight is 505 g/mol. The molecule has 1 aliphatic carbocycles. The van der Waals surface area contributed by atoms with Crippen molar-refractivity contribution in [2.75, 3.05) is 5.32 Å². The third-order valence-corrected chi connectivity index (χ3v) is 6.62. The van der Waals surface area contributed by atoms with Crippen molar-refractivity contribution in [3.05, 3.63) is 69.8 Å². The molecule has 8 nitrogen and oxygen atoms in total. The minimum absolute atomic E-state index is 0.0800. The van der Waals surface area contributed by atoms with Crippen LogP contribution in [0.3, 0.4) is 0 Å². The van der Waals surface area contributed by atoms with Gasteiger partial charge in [-0.15, -0.1) is 11.3 Å². The molecule has 12 heteroatoms. The number of hydrogen-bond acceptors (Lipinski definition) is 8. The van der Waals surface area contributed by atoms with Crippen LogP contribution in [0.5, 0.6) is 0 Å². The highest BCUT2D eigenvalue weighted by Crippen LogP contribution is 2.38. The van der Waals surface area contributed by atoms with E-state index in [2.05, 4.69) is 41.0 Å². The van der Waals surface area contributed by atoms with E-state index in [4.69, 9.17) is 0 Å². The Labute approximate surface area is 202 Å². The van der Waals surface area contributed by atoms with Gasteiger partial charge in [-0.1, -0.05) is 30.5 Å².